The average Bonchev–Trinajstić information content (AvgIpc) is 2.23. The highest BCUT2D eigenvalue weighted by molar-refractivity contribution is 6.74. The number of hydrogen-bond donors (Lipinski definition) is 1. The van der Waals surface area contributed by atoms with Gasteiger partial charge in [-0.2, -0.15) is 0 Å². The van der Waals surface area contributed by atoms with Crippen LogP contribution in [0.2, 0.25) is 0 Å². The molecule has 0 radical (unpaired) electrons. The predicted octanol–water partition coefficient (Wildman–Crippen LogP) is 4.88. The third-order valence-corrected chi connectivity index (χ3v) is 3.11. The first-order chi connectivity index (χ1) is 8.92. The van der Waals surface area contributed by atoms with Crippen LogP contribution in [0.3, 0.4) is 0 Å². The van der Waals surface area contributed by atoms with Crippen molar-refractivity contribution in [3.63, 3.8) is 0 Å². The van der Waals surface area contributed by atoms with E-state index in [0.29, 0.717) is 5.57 Å². The van der Waals surface area contributed by atoms with Crippen LogP contribution in [-0.2, 0) is 10.2 Å². The fraction of sp³-hybridized carbons (Fsp3) is 0.471. The molecule has 0 aromatic heterocycles. The van der Waals surface area contributed by atoms with Crippen molar-refractivity contribution >= 4 is 22.4 Å². The minimum atomic E-state index is -0.481. The van der Waals surface area contributed by atoms with Gasteiger partial charge in [-0.3, -0.25) is 4.79 Å². The number of carbonyl (C=O) groups excluding carboxylic acids is 1. The quantitative estimate of drug-likeness (QED) is 0.623. The summed E-state index contributed by atoms with van der Waals surface area (Å²) in [6.45, 7) is 12.1. The molecule has 0 aliphatic rings. The minimum Gasteiger partial charge on any atom is -0.508 e. The van der Waals surface area contributed by atoms with Crippen LogP contribution in [-0.4, -0.2) is 10.3 Å². The van der Waals surface area contributed by atoms with Gasteiger partial charge in [0.1, 0.15) is 5.75 Å². The molecular weight excluding hydrogens is 272 g/mol. The Balaban J connectivity index is 3.45. The zero-order chi connectivity index (χ0) is 15.7. The van der Waals surface area contributed by atoms with Crippen molar-refractivity contribution in [2.45, 2.75) is 47.0 Å². The fourth-order valence-corrected chi connectivity index (χ4v) is 2.15. The van der Waals surface area contributed by atoms with E-state index in [2.05, 4.69) is 0 Å². The van der Waals surface area contributed by atoms with Crippen molar-refractivity contribution in [2.24, 2.45) is 5.41 Å². The molecule has 0 heterocycles. The number of halogens is 1. The highest BCUT2D eigenvalue weighted by Gasteiger charge is 2.21. The Morgan fingerprint density at radius 2 is 1.70 bits per heavy atom. The third-order valence-electron chi connectivity index (χ3n) is 2.90. The highest BCUT2D eigenvalue weighted by Crippen LogP contribution is 2.34. The normalized spacial score (nSPS) is 13.4. The van der Waals surface area contributed by atoms with Crippen LogP contribution in [0.25, 0.3) is 5.57 Å². The van der Waals surface area contributed by atoms with Crippen molar-refractivity contribution in [1.82, 2.24) is 0 Å². The molecule has 0 amide bonds. The standard InChI is InChI=1S/C17H23ClO2/c1-16(2,3)10-12(15(18)20)11-7-8-14(19)13(9-11)17(4,5)6/h7-10,19H,1-6H3. The lowest BCUT2D eigenvalue weighted by Gasteiger charge is -2.22. The van der Waals surface area contributed by atoms with Gasteiger partial charge in [0.25, 0.3) is 5.24 Å². The molecular formula is C17H23ClO2. The largest absolute Gasteiger partial charge is 0.508 e. The van der Waals surface area contributed by atoms with Crippen LogP contribution in [0.1, 0.15) is 52.7 Å². The van der Waals surface area contributed by atoms with Gasteiger partial charge < -0.3 is 5.11 Å². The van der Waals surface area contributed by atoms with Gasteiger partial charge in [-0.05, 0) is 45.7 Å². The topological polar surface area (TPSA) is 37.3 Å². The SMILES string of the molecule is CC(C)(C)C=C(C(=O)Cl)c1ccc(O)c(C(C)(C)C)c1. The van der Waals surface area contributed by atoms with Crippen LogP contribution in [0.5, 0.6) is 5.75 Å². The van der Waals surface area contributed by atoms with E-state index in [1.54, 1.807) is 12.1 Å². The number of phenolic OH excluding ortho intramolecular Hbond substituents is 1. The van der Waals surface area contributed by atoms with E-state index in [4.69, 9.17) is 11.6 Å². The first-order valence-electron chi connectivity index (χ1n) is 6.68. The monoisotopic (exact) mass is 294 g/mol. The summed E-state index contributed by atoms with van der Waals surface area (Å²) in [6.07, 6.45) is 1.86. The van der Waals surface area contributed by atoms with E-state index in [0.717, 1.165) is 11.1 Å². The summed E-state index contributed by atoms with van der Waals surface area (Å²) < 4.78 is 0. The molecule has 0 spiro atoms. The Morgan fingerprint density at radius 3 is 2.10 bits per heavy atom. The van der Waals surface area contributed by atoms with Crippen LogP contribution in [0.15, 0.2) is 24.3 Å². The molecule has 1 N–H and O–H groups in total. The predicted molar refractivity (Wildman–Crippen MR) is 85.1 cm³/mol. The van der Waals surface area contributed by atoms with Crippen molar-refractivity contribution in [3.05, 3.63) is 35.4 Å². The van der Waals surface area contributed by atoms with Crippen LogP contribution in [0, 0.1) is 5.41 Å². The van der Waals surface area contributed by atoms with E-state index in [1.807, 2.05) is 53.7 Å². The van der Waals surface area contributed by atoms with Crippen molar-refractivity contribution in [1.29, 1.82) is 0 Å². The second-order valence-corrected chi connectivity index (χ2v) is 7.52. The minimum absolute atomic E-state index is 0.153. The first-order valence-corrected chi connectivity index (χ1v) is 7.06. The Morgan fingerprint density at radius 1 is 1.15 bits per heavy atom. The summed E-state index contributed by atoms with van der Waals surface area (Å²) in [5.41, 5.74) is 1.65. The lowest BCUT2D eigenvalue weighted by molar-refractivity contribution is -0.106. The molecule has 0 atom stereocenters. The third kappa shape index (κ3) is 4.38. The Hall–Kier alpha value is -1.28. The Labute approximate surface area is 126 Å². The lowest BCUT2D eigenvalue weighted by Crippen LogP contribution is -2.12. The number of phenols is 1. The second-order valence-electron chi connectivity index (χ2n) is 7.18. The first kappa shape index (κ1) is 16.8. The Bertz CT molecular complexity index is 543. The summed E-state index contributed by atoms with van der Waals surface area (Å²) >= 11 is 5.72. The summed E-state index contributed by atoms with van der Waals surface area (Å²) in [4.78, 5) is 11.7. The van der Waals surface area contributed by atoms with Gasteiger partial charge in [0.05, 0.1) is 0 Å². The zero-order valence-electron chi connectivity index (χ0n) is 13.0. The molecule has 0 bridgehead atoms. The maximum atomic E-state index is 11.7. The number of allylic oxidation sites excluding steroid dienone is 2. The summed E-state index contributed by atoms with van der Waals surface area (Å²) in [7, 11) is 0. The van der Waals surface area contributed by atoms with Crippen molar-refractivity contribution < 1.29 is 9.90 Å². The number of hydrogen-bond acceptors (Lipinski definition) is 2. The summed E-state index contributed by atoms with van der Waals surface area (Å²) in [6, 6.07) is 5.18. The van der Waals surface area contributed by atoms with Gasteiger partial charge in [-0.25, -0.2) is 0 Å². The smallest absolute Gasteiger partial charge is 0.252 e. The van der Waals surface area contributed by atoms with E-state index in [1.165, 1.54) is 0 Å². The molecule has 20 heavy (non-hydrogen) atoms. The maximum Gasteiger partial charge on any atom is 0.252 e. The van der Waals surface area contributed by atoms with Crippen LogP contribution >= 0.6 is 11.6 Å². The van der Waals surface area contributed by atoms with Gasteiger partial charge in [0.15, 0.2) is 0 Å². The second kappa shape index (κ2) is 5.61. The molecule has 110 valence electrons. The highest BCUT2D eigenvalue weighted by atomic mass is 35.5. The number of rotatable bonds is 2. The molecule has 0 fully saturated rings. The Kier molecular flexibility index (Phi) is 4.70. The summed E-state index contributed by atoms with van der Waals surface area (Å²) in [5.74, 6) is 0.235. The molecule has 0 saturated carbocycles. The van der Waals surface area contributed by atoms with Crippen LogP contribution < -0.4 is 0 Å². The average molecular weight is 295 g/mol. The number of benzene rings is 1. The summed E-state index contributed by atoms with van der Waals surface area (Å²) in [5, 5.41) is 9.51. The molecule has 1 aromatic carbocycles. The molecule has 0 saturated heterocycles. The zero-order valence-corrected chi connectivity index (χ0v) is 13.8. The number of carbonyl (C=O) groups is 1. The molecule has 1 aromatic rings. The molecule has 2 nitrogen and oxygen atoms in total. The van der Waals surface area contributed by atoms with E-state index < -0.39 is 5.24 Å². The van der Waals surface area contributed by atoms with Gasteiger partial charge in [0, 0.05) is 5.57 Å². The molecule has 0 aliphatic heterocycles. The molecule has 1 rings (SSSR count). The van der Waals surface area contributed by atoms with Crippen LogP contribution in [0.4, 0.5) is 0 Å². The maximum absolute atomic E-state index is 11.7. The van der Waals surface area contributed by atoms with E-state index in [9.17, 15) is 9.90 Å². The fourth-order valence-electron chi connectivity index (χ4n) is 1.99. The van der Waals surface area contributed by atoms with Gasteiger partial charge in [-0.15, -0.1) is 0 Å². The van der Waals surface area contributed by atoms with Gasteiger partial charge in [-0.1, -0.05) is 53.7 Å². The van der Waals surface area contributed by atoms with Gasteiger partial charge in [0.2, 0.25) is 0 Å². The molecule has 0 unspecified atom stereocenters. The van der Waals surface area contributed by atoms with Crippen molar-refractivity contribution in [3.8, 4) is 5.75 Å². The molecule has 0 aliphatic carbocycles. The van der Waals surface area contributed by atoms with Gasteiger partial charge >= 0.3 is 0 Å². The number of aromatic hydroxyl groups is 1. The lowest BCUT2D eigenvalue weighted by atomic mass is 9.84. The van der Waals surface area contributed by atoms with E-state index in [-0.39, 0.29) is 16.6 Å². The van der Waals surface area contributed by atoms with E-state index >= 15 is 0 Å². The molecule has 3 heteroatoms. The van der Waals surface area contributed by atoms with Crippen molar-refractivity contribution in [2.75, 3.05) is 0 Å².